The van der Waals surface area contributed by atoms with Crippen molar-refractivity contribution in [2.24, 2.45) is 0 Å². The van der Waals surface area contributed by atoms with E-state index in [-0.39, 0.29) is 0 Å². The Bertz CT molecular complexity index is 699. The summed E-state index contributed by atoms with van der Waals surface area (Å²) in [6.07, 6.45) is 0.926. The summed E-state index contributed by atoms with van der Waals surface area (Å²) in [4.78, 5) is 0. The lowest BCUT2D eigenvalue weighted by Crippen LogP contribution is -1.92. The molecule has 0 heterocycles. The number of hydrogen-bond donors (Lipinski definition) is 0. The lowest BCUT2D eigenvalue weighted by atomic mass is 9.95. The van der Waals surface area contributed by atoms with Crippen molar-refractivity contribution in [2.45, 2.75) is 6.42 Å². The van der Waals surface area contributed by atoms with Gasteiger partial charge < -0.3 is 4.74 Å². The Balaban J connectivity index is 1.92. The first-order chi connectivity index (χ1) is 10.4. The zero-order valence-electron chi connectivity index (χ0n) is 12.1. The molecule has 0 saturated carbocycles. The van der Waals surface area contributed by atoms with Crippen LogP contribution in [0, 0.1) is 0 Å². The maximum absolute atomic E-state index is 5.21. The highest BCUT2D eigenvalue weighted by atomic mass is 16.5. The first-order valence-electron chi connectivity index (χ1n) is 7.13. The summed E-state index contributed by atoms with van der Waals surface area (Å²) >= 11 is 0. The molecule has 0 atom stereocenters. The molecule has 1 nitrogen and oxygen atoms in total. The number of hydrogen-bond acceptors (Lipinski definition) is 1. The van der Waals surface area contributed by atoms with Gasteiger partial charge in [-0.2, -0.15) is 0 Å². The molecule has 0 unspecified atom stereocenters. The van der Waals surface area contributed by atoms with Crippen molar-refractivity contribution in [1.82, 2.24) is 0 Å². The third-order valence-corrected chi connectivity index (χ3v) is 3.66. The van der Waals surface area contributed by atoms with E-state index in [1.165, 1.54) is 22.3 Å². The summed E-state index contributed by atoms with van der Waals surface area (Å²) in [5.41, 5.74) is 5.20. The van der Waals surface area contributed by atoms with Crippen molar-refractivity contribution in [3.63, 3.8) is 0 Å². The predicted octanol–water partition coefficient (Wildman–Crippen LogP) is 4.95. The number of ether oxygens (including phenoxy) is 1. The first-order valence-corrected chi connectivity index (χ1v) is 7.13. The van der Waals surface area contributed by atoms with Gasteiger partial charge in [-0.25, -0.2) is 0 Å². The number of rotatable bonds is 4. The third-order valence-electron chi connectivity index (χ3n) is 3.66. The molecule has 0 aliphatic rings. The van der Waals surface area contributed by atoms with Crippen LogP contribution in [-0.2, 0) is 6.42 Å². The second kappa shape index (κ2) is 6.27. The molecule has 3 rings (SSSR count). The van der Waals surface area contributed by atoms with Crippen LogP contribution in [0.4, 0.5) is 0 Å². The summed E-state index contributed by atoms with van der Waals surface area (Å²) in [6.45, 7) is 0. The zero-order chi connectivity index (χ0) is 14.5. The maximum Gasteiger partial charge on any atom is 0.118 e. The van der Waals surface area contributed by atoms with Crippen molar-refractivity contribution in [2.75, 3.05) is 7.11 Å². The molecule has 0 fully saturated rings. The lowest BCUT2D eigenvalue weighted by Gasteiger charge is -2.10. The smallest absolute Gasteiger partial charge is 0.118 e. The molecule has 0 radical (unpaired) electrons. The molecule has 21 heavy (non-hydrogen) atoms. The molecule has 0 aliphatic heterocycles. The monoisotopic (exact) mass is 274 g/mol. The van der Waals surface area contributed by atoms with E-state index in [9.17, 15) is 0 Å². The minimum absolute atomic E-state index is 0.898. The molecule has 0 aromatic heterocycles. The number of methoxy groups -OCH3 is 1. The third kappa shape index (κ3) is 3.14. The van der Waals surface area contributed by atoms with Gasteiger partial charge in [-0.05, 0) is 40.8 Å². The minimum atomic E-state index is 0.898. The van der Waals surface area contributed by atoms with Gasteiger partial charge in [0, 0.05) is 0 Å². The van der Waals surface area contributed by atoms with Crippen LogP contribution in [0.1, 0.15) is 11.1 Å². The summed E-state index contributed by atoms with van der Waals surface area (Å²) in [5, 5.41) is 0. The highest BCUT2D eigenvalue weighted by Gasteiger charge is 2.05. The molecule has 0 bridgehead atoms. The lowest BCUT2D eigenvalue weighted by molar-refractivity contribution is 0.414. The van der Waals surface area contributed by atoms with Gasteiger partial charge >= 0.3 is 0 Å². The van der Waals surface area contributed by atoms with Crippen molar-refractivity contribution < 1.29 is 4.74 Å². The standard InChI is InChI=1S/C20H18O/c1-21-19-13-11-16(12-14-19)15-18-9-5-6-10-20(18)17-7-3-2-4-8-17/h2-14H,15H2,1H3. The molecule has 104 valence electrons. The second-order valence-corrected chi connectivity index (χ2v) is 5.05. The van der Waals surface area contributed by atoms with E-state index >= 15 is 0 Å². The molecule has 0 amide bonds. The minimum Gasteiger partial charge on any atom is -0.497 e. The van der Waals surface area contributed by atoms with Gasteiger partial charge in [0.25, 0.3) is 0 Å². The summed E-state index contributed by atoms with van der Waals surface area (Å²) in [7, 11) is 1.69. The largest absolute Gasteiger partial charge is 0.497 e. The van der Waals surface area contributed by atoms with Gasteiger partial charge in [0.15, 0.2) is 0 Å². The van der Waals surface area contributed by atoms with E-state index in [1.54, 1.807) is 7.11 Å². The highest BCUT2D eigenvalue weighted by molar-refractivity contribution is 5.67. The van der Waals surface area contributed by atoms with E-state index in [0.29, 0.717) is 0 Å². The normalized spacial score (nSPS) is 10.3. The first kappa shape index (κ1) is 13.4. The fraction of sp³-hybridized carbons (Fsp3) is 0.100. The van der Waals surface area contributed by atoms with Crippen LogP contribution in [0.3, 0.4) is 0 Å². The molecule has 0 aliphatic carbocycles. The van der Waals surface area contributed by atoms with E-state index in [1.807, 2.05) is 12.1 Å². The molecular weight excluding hydrogens is 256 g/mol. The van der Waals surface area contributed by atoms with E-state index < -0.39 is 0 Å². The Labute approximate surface area is 125 Å². The van der Waals surface area contributed by atoms with Crippen molar-refractivity contribution in [3.8, 4) is 16.9 Å². The highest BCUT2D eigenvalue weighted by Crippen LogP contribution is 2.26. The Morgan fingerprint density at radius 2 is 1.38 bits per heavy atom. The Morgan fingerprint density at radius 3 is 2.10 bits per heavy atom. The molecular formula is C20H18O. The molecule has 0 N–H and O–H groups in total. The van der Waals surface area contributed by atoms with Crippen LogP contribution in [0.5, 0.6) is 5.75 Å². The molecule has 0 spiro atoms. The van der Waals surface area contributed by atoms with Crippen molar-refractivity contribution >= 4 is 0 Å². The van der Waals surface area contributed by atoms with E-state index in [4.69, 9.17) is 4.74 Å². The van der Waals surface area contributed by atoms with Gasteiger partial charge in [-0.1, -0.05) is 66.7 Å². The molecule has 3 aromatic carbocycles. The quantitative estimate of drug-likeness (QED) is 0.654. The Morgan fingerprint density at radius 1 is 0.714 bits per heavy atom. The van der Waals surface area contributed by atoms with Gasteiger partial charge in [-0.3, -0.25) is 0 Å². The Kier molecular flexibility index (Phi) is 4.02. The van der Waals surface area contributed by atoms with Crippen LogP contribution in [0.2, 0.25) is 0 Å². The SMILES string of the molecule is COc1ccc(Cc2ccccc2-c2ccccc2)cc1. The number of benzene rings is 3. The van der Waals surface area contributed by atoms with Crippen LogP contribution in [0.25, 0.3) is 11.1 Å². The van der Waals surface area contributed by atoms with Crippen LogP contribution in [-0.4, -0.2) is 7.11 Å². The Hall–Kier alpha value is -2.54. The average Bonchev–Trinajstić information content (AvgIpc) is 2.57. The van der Waals surface area contributed by atoms with Crippen LogP contribution < -0.4 is 4.74 Å². The van der Waals surface area contributed by atoms with Crippen molar-refractivity contribution in [1.29, 1.82) is 0 Å². The van der Waals surface area contributed by atoms with E-state index in [2.05, 4.69) is 66.7 Å². The fourth-order valence-corrected chi connectivity index (χ4v) is 2.54. The summed E-state index contributed by atoms with van der Waals surface area (Å²) in [6, 6.07) is 27.4. The van der Waals surface area contributed by atoms with Gasteiger partial charge in [0.2, 0.25) is 0 Å². The summed E-state index contributed by atoms with van der Waals surface area (Å²) in [5.74, 6) is 0.898. The van der Waals surface area contributed by atoms with E-state index in [0.717, 1.165) is 12.2 Å². The predicted molar refractivity (Wildman–Crippen MR) is 87.7 cm³/mol. The van der Waals surface area contributed by atoms with Crippen LogP contribution in [0.15, 0.2) is 78.9 Å². The average molecular weight is 274 g/mol. The fourth-order valence-electron chi connectivity index (χ4n) is 2.54. The summed E-state index contributed by atoms with van der Waals surface area (Å²) < 4.78 is 5.21. The molecule has 0 saturated heterocycles. The zero-order valence-corrected chi connectivity index (χ0v) is 12.1. The second-order valence-electron chi connectivity index (χ2n) is 5.05. The van der Waals surface area contributed by atoms with Crippen molar-refractivity contribution in [3.05, 3.63) is 90.0 Å². The molecule has 3 aromatic rings. The topological polar surface area (TPSA) is 9.23 Å². The molecule has 1 heteroatoms. The maximum atomic E-state index is 5.21. The van der Waals surface area contributed by atoms with Crippen LogP contribution >= 0.6 is 0 Å². The van der Waals surface area contributed by atoms with Gasteiger partial charge in [0.1, 0.15) is 5.75 Å². The van der Waals surface area contributed by atoms with Gasteiger partial charge in [-0.15, -0.1) is 0 Å². The van der Waals surface area contributed by atoms with Gasteiger partial charge in [0.05, 0.1) is 7.11 Å².